The molecule has 0 unspecified atom stereocenters. The SMILES string of the molecule is Cc1c(-c2cc(C(=O)O)c3c(O[C@H]4C[C@H](C5CCOCC5)C4)ccc(C)c3n2)oc2ccccc12. The number of ether oxygens (including phenoxy) is 2. The van der Waals surface area contributed by atoms with Crippen molar-refractivity contribution in [3.8, 4) is 17.2 Å². The first-order chi connectivity index (χ1) is 17.0. The van der Waals surface area contributed by atoms with Crippen molar-refractivity contribution in [3.63, 3.8) is 0 Å². The van der Waals surface area contributed by atoms with Gasteiger partial charge in [-0.05, 0) is 75.1 Å². The molecule has 6 rings (SSSR count). The Morgan fingerprint density at radius 2 is 1.83 bits per heavy atom. The molecule has 2 fully saturated rings. The number of para-hydroxylation sites is 1. The van der Waals surface area contributed by atoms with Gasteiger partial charge in [0.25, 0.3) is 0 Å². The maximum absolute atomic E-state index is 12.4. The van der Waals surface area contributed by atoms with E-state index in [9.17, 15) is 9.90 Å². The first-order valence-electron chi connectivity index (χ1n) is 12.4. The highest BCUT2D eigenvalue weighted by Crippen LogP contribution is 2.43. The largest absolute Gasteiger partial charge is 0.490 e. The molecule has 0 amide bonds. The maximum Gasteiger partial charge on any atom is 0.336 e. The molecule has 1 saturated carbocycles. The second-order valence-electron chi connectivity index (χ2n) is 9.94. The average molecular weight is 472 g/mol. The fourth-order valence-corrected chi connectivity index (χ4v) is 5.70. The van der Waals surface area contributed by atoms with Crippen LogP contribution in [0, 0.1) is 25.7 Å². The number of aromatic nitrogens is 1. The molecule has 1 aliphatic heterocycles. The van der Waals surface area contributed by atoms with Gasteiger partial charge in [0, 0.05) is 24.2 Å². The Hall–Kier alpha value is -3.38. The zero-order chi connectivity index (χ0) is 24.1. The van der Waals surface area contributed by atoms with E-state index in [0.717, 1.165) is 61.0 Å². The fourth-order valence-electron chi connectivity index (χ4n) is 5.70. The molecular formula is C29H29NO5. The van der Waals surface area contributed by atoms with Crippen LogP contribution in [-0.2, 0) is 4.74 Å². The van der Waals surface area contributed by atoms with Crippen LogP contribution in [0.1, 0.15) is 47.2 Å². The molecule has 1 saturated heterocycles. The molecule has 0 bridgehead atoms. The fraction of sp³-hybridized carbons (Fsp3) is 0.379. The number of carboxylic acids is 1. The van der Waals surface area contributed by atoms with Crippen molar-refractivity contribution in [2.75, 3.05) is 13.2 Å². The number of carboxylic acid groups (broad SMARTS) is 1. The first-order valence-corrected chi connectivity index (χ1v) is 12.4. The van der Waals surface area contributed by atoms with Crippen molar-refractivity contribution < 1.29 is 23.8 Å². The predicted octanol–water partition coefficient (Wildman–Crippen LogP) is 6.55. The quantitative estimate of drug-likeness (QED) is 0.356. The van der Waals surface area contributed by atoms with Crippen molar-refractivity contribution in [1.82, 2.24) is 4.98 Å². The van der Waals surface area contributed by atoms with Gasteiger partial charge in [-0.3, -0.25) is 0 Å². The molecule has 3 heterocycles. The van der Waals surface area contributed by atoms with Crippen molar-refractivity contribution >= 4 is 27.8 Å². The highest BCUT2D eigenvalue weighted by Gasteiger charge is 2.37. The Kier molecular flexibility index (Phi) is 5.49. The predicted molar refractivity (Wildman–Crippen MR) is 134 cm³/mol. The number of nitrogens with zero attached hydrogens (tertiary/aromatic N) is 1. The number of pyridine rings is 1. The average Bonchev–Trinajstić information content (AvgIpc) is 3.19. The summed E-state index contributed by atoms with van der Waals surface area (Å²) >= 11 is 0. The Morgan fingerprint density at radius 1 is 1.06 bits per heavy atom. The molecule has 2 aromatic carbocycles. The van der Waals surface area contributed by atoms with Crippen LogP contribution in [0.25, 0.3) is 33.3 Å². The van der Waals surface area contributed by atoms with Crippen molar-refractivity contribution in [2.24, 2.45) is 11.8 Å². The van der Waals surface area contributed by atoms with Crippen LogP contribution in [0.3, 0.4) is 0 Å². The lowest BCUT2D eigenvalue weighted by atomic mass is 9.71. The topological polar surface area (TPSA) is 81.8 Å². The van der Waals surface area contributed by atoms with E-state index in [0.29, 0.717) is 39.9 Å². The van der Waals surface area contributed by atoms with Gasteiger partial charge in [0.1, 0.15) is 17.0 Å². The van der Waals surface area contributed by atoms with Crippen molar-refractivity contribution in [2.45, 2.75) is 45.6 Å². The molecule has 6 heteroatoms. The summed E-state index contributed by atoms with van der Waals surface area (Å²) < 4.78 is 18.0. The van der Waals surface area contributed by atoms with Gasteiger partial charge in [-0.2, -0.15) is 0 Å². The minimum absolute atomic E-state index is 0.104. The van der Waals surface area contributed by atoms with Gasteiger partial charge in [-0.1, -0.05) is 24.3 Å². The van der Waals surface area contributed by atoms with Crippen LogP contribution < -0.4 is 4.74 Å². The molecular weight excluding hydrogens is 442 g/mol. The maximum atomic E-state index is 12.4. The zero-order valence-electron chi connectivity index (χ0n) is 20.0. The van der Waals surface area contributed by atoms with Crippen LogP contribution >= 0.6 is 0 Å². The van der Waals surface area contributed by atoms with Crippen LogP contribution in [-0.4, -0.2) is 35.4 Å². The molecule has 0 atom stereocenters. The summed E-state index contributed by atoms with van der Waals surface area (Å²) in [6, 6.07) is 13.3. The van der Waals surface area contributed by atoms with Gasteiger partial charge in [0.15, 0.2) is 5.76 Å². The Balaban J connectivity index is 1.37. The van der Waals surface area contributed by atoms with E-state index in [-0.39, 0.29) is 11.7 Å². The van der Waals surface area contributed by atoms with Gasteiger partial charge in [-0.15, -0.1) is 0 Å². The molecule has 0 spiro atoms. The first kappa shape index (κ1) is 22.1. The standard InChI is InChI=1S/C29H29NO5/c1-16-7-8-25(34-20-13-19(14-20)18-9-11-33-12-10-18)26-22(29(31)32)15-23(30-27(16)26)28-17(2)21-5-3-4-6-24(21)35-28/h3-8,15,18-20H,9-14H2,1-2H3,(H,31,32)/t19-,20-. The van der Waals surface area contributed by atoms with Crippen LogP contribution in [0.4, 0.5) is 0 Å². The molecule has 180 valence electrons. The molecule has 35 heavy (non-hydrogen) atoms. The van der Waals surface area contributed by atoms with Crippen molar-refractivity contribution in [3.05, 3.63) is 59.2 Å². The minimum atomic E-state index is -1.00. The highest BCUT2D eigenvalue weighted by molar-refractivity contribution is 6.07. The smallest absolute Gasteiger partial charge is 0.336 e. The van der Waals surface area contributed by atoms with E-state index >= 15 is 0 Å². The summed E-state index contributed by atoms with van der Waals surface area (Å²) in [7, 11) is 0. The van der Waals surface area contributed by atoms with Gasteiger partial charge < -0.3 is 19.0 Å². The second-order valence-corrected chi connectivity index (χ2v) is 9.94. The molecule has 1 aliphatic carbocycles. The normalized spacial score (nSPS) is 20.7. The molecule has 2 aromatic heterocycles. The van der Waals surface area contributed by atoms with Crippen molar-refractivity contribution in [1.29, 1.82) is 0 Å². The summed E-state index contributed by atoms with van der Waals surface area (Å²) in [5.41, 5.74) is 3.95. The lowest BCUT2D eigenvalue weighted by Crippen LogP contribution is -2.39. The summed E-state index contributed by atoms with van der Waals surface area (Å²) in [4.78, 5) is 17.3. The van der Waals surface area contributed by atoms with Gasteiger partial charge in [-0.25, -0.2) is 9.78 Å². The number of aryl methyl sites for hydroxylation is 2. The lowest BCUT2D eigenvalue weighted by molar-refractivity contribution is -0.0150. The number of rotatable bonds is 5. The lowest BCUT2D eigenvalue weighted by Gasteiger charge is -2.41. The third kappa shape index (κ3) is 3.86. The third-order valence-electron chi connectivity index (χ3n) is 7.79. The van der Waals surface area contributed by atoms with Gasteiger partial charge in [0.2, 0.25) is 0 Å². The second kappa shape index (κ2) is 8.68. The number of fused-ring (bicyclic) bond motifs is 2. The zero-order valence-corrected chi connectivity index (χ0v) is 20.0. The molecule has 4 aromatic rings. The minimum Gasteiger partial charge on any atom is -0.490 e. The van der Waals surface area contributed by atoms with E-state index in [1.807, 2.05) is 50.2 Å². The van der Waals surface area contributed by atoms with E-state index in [4.69, 9.17) is 18.9 Å². The van der Waals surface area contributed by atoms with E-state index in [1.54, 1.807) is 6.07 Å². The Labute approximate surface area is 203 Å². The number of furan rings is 1. The van der Waals surface area contributed by atoms with Crippen LogP contribution in [0.2, 0.25) is 0 Å². The number of hydrogen-bond donors (Lipinski definition) is 1. The summed E-state index contributed by atoms with van der Waals surface area (Å²) in [5, 5.41) is 11.7. The van der Waals surface area contributed by atoms with E-state index in [2.05, 4.69) is 0 Å². The molecule has 6 nitrogen and oxygen atoms in total. The highest BCUT2D eigenvalue weighted by atomic mass is 16.5. The van der Waals surface area contributed by atoms with Gasteiger partial charge in [0.05, 0.1) is 22.6 Å². The molecule has 2 aliphatic rings. The van der Waals surface area contributed by atoms with Crippen LogP contribution in [0.15, 0.2) is 46.9 Å². The Bertz CT molecular complexity index is 1430. The van der Waals surface area contributed by atoms with Gasteiger partial charge >= 0.3 is 5.97 Å². The number of carbonyl (C=O) groups is 1. The van der Waals surface area contributed by atoms with Crippen LogP contribution in [0.5, 0.6) is 5.75 Å². The number of hydrogen-bond acceptors (Lipinski definition) is 5. The summed E-state index contributed by atoms with van der Waals surface area (Å²) in [6.45, 7) is 5.64. The number of benzene rings is 2. The molecule has 1 N–H and O–H groups in total. The third-order valence-corrected chi connectivity index (χ3v) is 7.79. The number of aromatic carboxylic acids is 1. The van der Waals surface area contributed by atoms with E-state index in [1.165, 1.54) is 0 Å². The summed E-state index contributed by atoms with van der Waals surface area (Å²) in [5.74, 6) is 1.57. The Morgan fingerprint density at radius 3 is 2.57 bits per heavy atom. The monoisotopic (exact) mass is 471 g/mol. The molecule has 0 radical (unpaired) electrons. The van der Waals surface area contributed by atoms with E-state index < -0.39 is 5.97 Å². The summed E-state index contributed by atoms with van der Waals surface area (Å²) in [6.07, 6.45) is 4.37.